The van der Waals surface area contributed by atoms with Crippen molar-refractivity contribution < 1.29 is 14.7 Å². The van der Waals surface area contributed by atoms with Gasteiger partial charge in [-0.05, 0) is 54.6 Å². The molecule has 25 heavy (non-hydrogen) atoms. The summed E-state index contributed by atoms with van der Waals surface area (Å²) in [6.45, 7) is 2.39. The minimum Gasteiger partial charge on any atom is -0.478 e. The van der Waals surface area contributed by atoms with Crippen molar-refractivity contribution in [1.82, 2.24) is 9.88 Å². The fourth-order valence-corrected chi connectivity index (χ4v) is 3.31. The molecule has 0 unspecified atom stereocenters. The normalized spacial score (nSPS) is 17.5. The number of amidine groups is 1. The van der Waals surface area contributed by atoms with Gasteiger partial charge >= 0.3 is 5.97 Å². The van der Waals surface area contributed by atoms with Crippen LogP contribution in [0, 0.1) is 0 Å². The number of carbonyl (C=O) groups is 2. The van der Waals surface area contributed by atoms with Gasteiger partial charge in [0.05, 0.1) is 10.5 Å². The summed E-state index contributed by atoms with van der Waals surface area (Å²) in [5, 5.41) is 9.52. The summed E-state index contributed by atoms with van der Waals surface area (Å²) >= 11 is 1.28. The van der Waals surface area contributed by atoms with Crippen molar-refractivity contribution in [2.75, 3.05) is 6.54 Å². The molecule has 7 heteroatoms. The Labute approximate surface area is 148 Å². The maximum atomic E-state index is 12.6. The highest BCUT2D eigenvalue weighted by atomic mass is 32.2. The second-order valence-electron chi connectivity index (χ2n) is 5.17. The first kappa shape index (κ1) is 16.9. The second-order valence-corrected chi connectivity index (χ2v) is 6.18. The van der Waals surface area contributed by atoms with Crippen LogP contribution in [0.3, 0.4) is 0 Å². The zero-order valence-electron chi connectivity index (χ0n) is 13.4. The average Bonchev–Trinajstić information content (AvgIpc) is 2.91. The number of benzene rings is 1. The monoisotopic (exact) mass is 353 g/mol. The molecule has 0 spiro atoms. The van der Waals surface area contributed by atoms with Gasteiger partial charge in [-0.1, -0.05) is 18.2 Å². The van der Waals surface area contributed by atoms with Crippen molar-refractivity contribution in [1.29, 1.82) is 0 Å². The van der Waals surface area contributed by atoms with Crippen LogP contribution >= 0.6 is 11.8 Å². The van der Waals surface area contributed by atoms with Gasteiger partial charge in [0.1, 0.15) is 0 Å². The predicted octanol–water partition coefficient (Wildman–Crippen LogP) is 3.40. The van der Waals surface area contributed by atoms with E-state index in [4.69, 9.17) is 5.11 Å². The minimum absolute atomic E-state index is 0.121. The van der Waals surface area contributed by atoms with Crippen LogP contribution in [0.15, 0.2) is 58.6 Å². The molecule has 0 saturated carbocycles. The van der Waals surface area contributed by atoms with Crippen molar-refractivity contribution in [2.24, 2.45) is 4.99 Å². The Morgan fingerprint density at radius 1 is 1.28 bits per heavy atom. The van der Waals surface area contributed by atoms with Gasteiger partial charge in [-0.25, -0.2) is 14.8 Å². The fourth-order valence-electron chi connectivity index (χ4n) is 2.26. The molecule has 126 valence electrons. The number of thioether (sulfide) groups is 1. The third kappa shape index (κ3) is 3.77. The number of aliphatic imine (C=N–C) groups is 1. The first-order valence-corrected chi connectivity index (χ1v) is 8.44. The van der Waals surface area contributed by atoms with E-state index in [1.165, 1.54) is 23.9 Å². The Hall–Kier alpha value is -2.93. The smallest absolute Gasteiger partial charge is 0.335 e. The molecule has 1 N–H and O–H groups in total. The van der Waals surface area contributed by atoms with Crippen LogP contribution in [0.2, 0.25) is 0 Å². The molecule has 3 rings (SSSR count). The Kier molecular flexibility index (Phi) is 4.95. The van der Waals surface area contributed by atoms with Crippen LogP contribution < -0.4 is 0 Å². The van der Waals surface area contributed by atoms with Crippen LogP contribution in [0.25, 0.3) is 6.08 Å². The zero-order chi connectivity index (χ0) is 17.8. The van der Waals surface area contributed by atoms with Gasteiger partial charge in [0, 0.05) is 12.7 Å². The van der Waals surface area contributed by atoms with E-state index in [1.807, 2.05) is 13.0 Å². The number of hydrogen-bond acceptors (Lipinski definition) is 5. The highest BCUT2D eigenvalue weighted by Gasteiger charge is 2.32. The van der Waals surface area contributed by atoms with E-state index in [1.54, 1.807) is 41.4 Å². The number of carboxylic acids is 1. The van der Waals surface area contributed by atoms with Crippen LogP contribution in [0.4, 0.5) is 5.82 Å². The third-order valence-corrected chi connectivity index (χ3v) is 4.53. The van der Waals surface area contributed by atoms with Crippen molar-refractivity contribution in [3.05, 3.63) is 64.7 Å². The standard InChI is InChI=1S/C18H15N3O3S/c1-2-21-16(22)14(11-12-6-8-13(9-7-12)17(23)24)25-18(21)20-15-5-3-4-10-19-15/h3-11H,2H2,1H3,(H,23,24)/b14-11+,20-18?. The third-order valence-electron chi connectivity index (χ3n) is 3.52. The summed E-state index contributed by atoms with van der Waals surface area (Å²) in [6, 6.07) is 11.8. The summed E-state index contributed by atoms with van der Waals surface area (Å²) < 4.78 is 0. The lowest BCUT2D eigenvalue weighted by molar-refractivity contribution is -0.122. The van der Waals surface area contributed by atoms with Crippen LogP contribution in [0.5, 0.6) is 0 Å². The van der Waals surface area contributed by atoms with Gasteiger partial charge in [0.15, 0.2) is 11.0 Å². The molecule has 1 aliphatic heterocycles. The van der Waals surface area contributed by atoms with E-state index >= 15 is 0 Å². The number of amides is 1. The number of nitrogens with zero attached hydrogens (tertiary/aromatic N) is 3. The van der Waals surface area contributed by atoms with E-state index in [9.17, 15) is 9.59 Å². The molecular formula is C18H15N3O3S. The molecule has 0 bridgehead atoms. The first-order valence-electron chi connectivity index (χ1n) is 7.63. The van der Waals surface area contributed by atoms with Gasteiger partial charge in [-0.2, -0.15) is 0 Å². The molecule has 2 aromatic rings. The number of hydrogen-bond donors (Lipinski definition) is 1. The van der Waals surface area contributed by atoms with Gasteiger partial charge in [0.2, 0.25) is 0 Å². The van der Waals surface area contributed by atoms with Crippen LogP contribution in [0.1, 0.15) is 22.8 Å². The van der Waals surface area contributed by atoms with E-state index in [2.05, 4.69) is 9.98 Å². The van der Waals surface area contributed by atoms with Crippen LogP contribution in [-0.2, 0) is 4.79 Å². The van der Waals surface area contributed by atoms with E-state index < -0.39 is 5.97 Å². The lowest BCUT2D eigenvalue weighted by Gasteiger charge is -2.11. The van der Waals surface area contributed by atoms with Crippen LogP contribution in [-0.4, -0.2) is 38.6 Å². The SMILES string of the molecule is CCN1C(=O)/C(=C\c2ccc(C(=O)O)cc2)SC1=Nc1ccccn1. The Morgan fingerprint density at radius 3 is 2.64 bits per heavy atom. The Bertz CT molecular complexity index is 861. The molecule has 0 radical (unpaired) electrons. The van der Waals surface area contributed by atoms with Crippen molar-refractivity contribution in [3.8, 4) is 0 Å². The maximum Gasteiger partial charge on any atom is 0.335 e. The number of aromatic carboxylic acids is 1. The first-order chi connectivity index (χ1) is 12.1. The van der Waals surface area contributed by atoms with E-state index in [0.29, 0.717) is 22.4 Å². The molecule has 0 aliphatic carbocycles. The largest absolute Gasteiger partial charge is 0.478 e. The predicted molar refractivity (Wildman–Crippen MR) is 97.7 cm³/mol. The summed E-state index contributed by atoms with van der Waals surface area (Å²) in [4.78, 5) is 34.2. The van der Waals surface area contributed by atoms with Crippen molar-refractivity contribution in [3.63, 3.8) is 0 Å². The molecule has 0 atom stereocenters. The van der Waals surface area contributed by atoms with Gasteiger partial charge < -0.3 is 5.11 Å². The van der Waals surface area contributed by atoms with Gasteiger partial charge in [-0.3, -0.25) is 9.69 Å². The quantitative estimate of drug-likeness (QED) is 0.852. The molecule has 1 aliphatic rings. The molecule has 1 saturated heterocycles. The summed E-state index contributed by atoms with van der Waals surface area (Å²) in [5.74, 6) is -0.555. The number of carboxylic acid groups (broad SMARTS) is 1. The maximum absolute atomic E-state index is 12.6. The molecule has 1 fully saturated rings. The van der Waals surface area contributed by atoms with E-state index in [0.717, 1.165) is 5.56 Å². The molecule has 1 aromatic heterocycles. The summed E-state index contributed by atoms with van der Waals surface area (Å²) in [5.41, 5.74) is 0.969. The fraction of sp³-hybridized carbons (Fsp3) is 0.111. The zero-order valence-corrected chi connectivity index (χ0v) is 14.2. The lowest BCUT2D eigenvalue weighted by atomic mass is 10.1. The highest BCUT2D eigenvalue weighted by Crippen LogP contribution is 2.33. The van der Waals surface area contributed by atoms with Crippen molar-refractivity contribution in [2.45, 2.75) is 6.92 Å². The molecule has 1 aromatic carbocycles. The highest BCUT2D eigenvalue weighted by molar-refractivity contribution is 8.18. The molecule has 1 amide bonds. The number of pyridine rings is 1. The lowest BCUT2D eigenvalue weighted by Crippen LogP contribution is -2.28. The van der Waals surface area contributed by atoms with Gasteiger partial charge in [-0.15, -0.1) is 0 Å². The summed E-state index contributed by atoms with van der Waals surface area (Å²) in [6.07, 6.45) is 3.39. The molecular weight excluding hydrogens is 338 g/mol. The van der Waals surface area contributed by atoms with Gasteiger partial charge in [0.25, 0.3) is 5.91 Å². The Balaban J connectivity index is 1.89. The second kappa shape index (κ2) is 7.31. The summed E-state index contributed by atoms with van der Waals surface area (Å²) in [7, 11) is 0. The number of likely N-dealkylation sites (N-methyl/N-ethyl adjacent to an activating group) is 1. The van der Waals surface area contributed by atoms with Crippen molar-refractivity contribution >= 4 is 40.7 Å². The van der Waals surface area contributed by atoms with E-state index in [-0.39, 0.29) is 11.5 Å². The number of aromatic nitrogens is 1. The minimum atomic E-state index is -0.979. The Morgan fingerprint density at radius 2 is 2.04 bits per heavy atom. The number of rotatable bonds is 4. The number of carbonyl (C=O) groups excluding carboxylic acids is 1. The topological polar surface area (TPSA) is 82.9 Å². The average molecular weight is 353 g/mol. The molecule has 6 nitrogen and oxygen atoms in total. The molecule has 2 heterocycles.